The Labute approximate surface area is 197 Å². The number of nitrogens with zero attached hydrogens (tertiary/aromatic N) is 2. The third kappa shape index (κ3) is 5.41. The Morgan fingerprint density at radius 3 is 2.35 bits per heavy atom. The van der Waals surface area contributed by atoms with E-state index in [-0.39, 0.29) is 28.7 Å². The van der Waals surface area contributed by atoms with Crippen LogP contribution in [0.3, 0.4) is 0 Å². The SMILES string of the molecule is CN(Cc1ccccc1)S(=O)(=O)c1ccc(NC(=O)c2ccc(NC3CC3)c([N+](=O)[O-])c2)cc1. The van der Waals surface area contributed by atoms with E-state index >= 15 is 0 Å². The standard InChI is InChI=1S/C24H24N4O5S/c1-27(16-17-5-3-2-4-6-17)34(32,33)21-12-10-20(11-13-21)26-24(29)18-7-14-22(25-19-8-9-19)23(15-18)28(30)31/h2-7,10-15,19,25H,8-9,16H2,1H3,(H,26,29). The number of hydrogen-bond donors (Lipinski definition) is 2. The predicted molar refractivity (Wildman–Crippen MR) is 129 cm³/mol. The van der Waals surface area contributed by atoms with Crippen LogP contribution in [0.5, 0.6) is 0 Å². The third-order valence-corrected chi connectivity index (χ3v) is 7.28. The number of anilines is 2. The summed E-state index contributed by atoms with van der Waals surface area (Å²) in [5.41, 5.74) is 1.59. The van der Waals surface area contributed by atoms with Crippen LogP contribution < -0.4 is 10.6 Å². The molecule has 10 heteroatoms. The molecule has 34 heavy (non-hydrogen) atoms. The number of benzene rings is 3. The molecule has 0 radical (unpaired) electrons. The molecule has 0 spiro atoms. The van der Waals surface area contributed by atoms with Crippen LogP contribution in [0.2, 0.25) is 0 Å². The molecular weight excluding hydrogens is 456 g/mol. The quantitative estimate of drug-likeness (QED) is 0.349. The number of rotatable bonds is 9. The molecule has 4 rings (SSSR count). The first kappa shape index (κ1) is 23.4. The van der Waals surface area contributed by atoms with Gasteiger partial charge < -0.3 is 10.6 Å². The van der Waals surface area contributed by atoms with Crippen molar-refractivity contribution in [2.75, 3.05) is 17.7 Å². The zero-order chi connectivity index (χ0) is 24.3. The maximum atomic E-state index is 12.9. The van der Waals surface area contributed by atoms with Crippen LogP contribution in [0, 0.1) is 10.1 Å². The first-order chi connectivity index (χ1) is 16.2. The normalized spacial score (nSPS) is 13.5. The van der Waals surface area contributed by atoms with E-state index < -0.39 is 20.9 Å². The first-order valence-corrected chi connectivity index (χ1v) is 12.1. The molecule has 0 saturated heterocycles. The van der Waals surface area contributed by atoms with Crippen molar-refractivity contribution in [3.05, 3.63) is 94.0 Å². The van der Waals surface area contributed by atoms with Gasteiger partial charge in [-0.15, -0.1) is 0 Å². The number of nitro benzene ring substituents is 1. The molecule has 1 saturated carbocycles. The van der Waals surface area contributed by atoms with Crippen molar-refractivity contribution in [1.29, 1.82) is 0 Å². The zero-order valence-electron chi connectivity index (χ0n) is 18.5. The van der Waals surface area contributed by atoms with Crippen molar-refractivity contribution in [2.24, 2.45) is 0 Å². The van der Waals surface area contributed by atoms with E-state index in [1.165, 1.54) is 53.8 Å². The molecule has 0 aliphatic heterocycles. The number of carbonyl (C=O) groups excluding carboxylic acids is 1. The van der Waals surface area contributed by atoms with E-state index in [4.69, 9.17) is 0 Å². The van der Waals surface area contributed by atoms with Gasteiger partial charge in [-0.1, -0.05) is 30.3 Å². The fourth-order valence-corrected chi connectivity index (χ4v) is 4.57. The molecule has 1 amide bonds. The number of carbonyl (C=O) groups is 1. The van der Waals surface area contributed by atoms with Gasteiger partial charge in [0.2, 0.25) is 10.0 Å². The lowest BCUT2D eigenvalue weighted by Gasteiger charge is -2.17. The van der Waals surface area contributed by atoms with E-state index in [1.807, 2.05) is 30.3 Å². The van der Waals surface area contributed by atoms with Gasteiger partial charge in [0.05, 0.1) is 9.82 Å². The molecule has 9 nitrogen and oxygen atoms in total. The Hall–Kier alpha value is -3.76. The van der Waals surface area contributed by atoms with Crippen LogP contribution in [-0.4, -0.2) is 36.6 Å². The van der Waals surface area contributed by atoms with Crippen molar-refractivity contribution < 1.29 is 18.1 Å². The topological polar surface area (TPSA) is 122 Å². The Balaban J connectivity index is 1.45. The molecular formula is C24H24N4O5S. The van der Waals surface area contributed by atoms with E-state index in [1.54, 1.807) is 0 Å². The average Bonchev–Trinajstić information content (AvgIpc) is 3.64. The summed E-state index contributed by atoms with van der Waals surface area (Å²) in [5, 5.41) is 17.2. The summed E-state index contributed by atoms with van der Waals surface area (Å²) in [4.78, 5) is 23.7. The minimum absolute atomic E-state index is 0.0927. The molecule has 0 aromatic heterocycles. The number of hydrogen-bond acceptors (Lipinski definition) is 6. The van der Waals surface area contributed by atoms with Crippen molar-refractivity contribution in [3.8, 4) is 0 Å². The molecule has 0 bridgehead atoms. The van der Waals surface area contributed by atoms with Crippen molar-refractivity contribution >= 4 is 33.0 Å². The minimum atomic E-state index is -3.72. The minimum Gasteiger partial charge on any atom is -0.377 e. The van der Waals surface area contributed by atoms with Gasteiger partial charge in [-0.2, -0.15) is 4.31 Å². The Morgan fingerprint density at radius 2 is 1.74 bits per heavy atom. The summed E-state index contributed by atoms with van der Waals surface area (Å²) in [7, 11) is -2.21. The van der Waals surface area contributed by atoms with Crippen molar-refractivity contribution in [2.45, 2.75) is 30.3 Å². The van der Waals surface area contributed by atoms with E-state index in [2.05, 4.69) is 10.6 Å². The lowest BCUT2D eigenvalue weighted by atomic mass is 10.1. The Kier molecular flexibility index (Phi) is 6.62. The number of sulfonamides is 1. The third-order valence-electron chi connectivity index (χ3n) is 5.46. The van der Waals surface area contributed by atoms with E-state index in [9.17, 15) is 23.3 Å². The fraction of sp³-hybridized carbons (Fsp3) is 0.208. The Bertz CT molecular complexity index is 1310. The largest absolute Gasteiger partial charge is 0.377 e. The molecule has 3 aromatic rings. The summed E-state index contributed by atoms with van der Waals surface area (Å²) in [6.45, 7) is 0.228. The highest BCUT2D eigenvalue weighted by Gasteiger charge is 2.26. The maximum Gasteiger partial charge on any atom is 0.293 e. The average molecular weight is 481 g/mol. The molecule has 2 N–H and O–H groups in total. The van der Waals surface area contributed by atoms with Gasteiger partial charge in [0.1, 0.15) is 5.69 Å². The van der Waals surface area contributed by atoms with Crippen LogP contribution in [0.1, 0.15) is 28.8 Å². The van der Waals surface area contributed by atoms with Gasteiger partial charge in [-0.25, -0.2) is 8.42 Å². The van der Waals surface area contributed by atoms with Crippen LogP contribution in [0.15, 0.2) is 77.7 Å². The highest BCUT2D eigenvalue weighted by Crippen LogP contribution is 2.31. The van der Waals surface area contributed by atoms with E-state index in [0.29, 0.717) is 11.4 Å². The molecule has 176 valence electrons. The van der Waals surface area contributed by atoms with Crippen LogP contribution >= 0.6 is 0 Å². The highest BCUT2D eigenvalue weighted by atomic mass is 32.2. The molecule has 1 aliphatic carbocycles. The maximum absolute atomic E-state index is 12.9. The molecule has 3 aromatic carbocycles. The monoisotopic (exact) mass is 480 g/mol. The summed E-state index contributed by atoms with van der Waals surface area (Å²) in [6, 6.07) is 19.6. The van der Waals surface area contributed by atoms with Crippen LogP contribution in [0.4, 0.5) is 17.1 Å². The molecule has 1 aliphatic rings. The van der Waals surface area contributed by atoms with Gasteiger partial charge in [0, 0.05) is 37.0 Å². The fourth-order valence-electron chi connectivity index (χ4n) is 3.41. The van der Waals surface area contributed by atoms with Gasteiger partial charge in [-0.3, -0.25) is 14.9 Å². The van der Waals surface area contributed by atoms with Crippen molar-refractivity contribution in [1.82, 2.24) is 4.31 Å². The number of nitro groups is 1. The van der Waals surface area contributed by atoms with Gasteiger partial charge in [0.25, 0.3) is 11.6 Å². The Morgan fingerprint density at radius 1 is 1.06 bits per heavy atom. The lowest BCUT2D eigenvalue weighted by molar-refractivity contribution is -0.384. The van der Waals surface area contributed by atoms with E-state index in [0.717, 1.165) is 18.4 Å². The molecule has 1 fully saturated rings. The smallest absolute Gasteiger partial charge is 0.293 e. The second-order valence-corrected chi connectivity index (χ2v) is 10.2. The lowest BCUT2D eigenvalue weighted by Crippen LogP contribution is -2.26. The summed E-state index contributed by atoms with van der Waals surface area (Å²) < 4.78 is 27.0. The second-order valence-electron chi connectivity index (χ2n) is 8.13. The van der Waals surface area contributed by atoms with Gasteiger partial charge >= 0.3 is 0 Å². The molecule has 0 atom stereocenters. The van der Waals surface area contributed by atoms with Crippen LogP contribution in [0.25, 0.3) is 0 Å². The highest BCUT2D eigenvalue weighted by molar-refractivity contribution is 7.89. The molecule has 0 unspecified atom stereocenters. The predicted octanol–water partition coefficient (Wildman–Crippen LogP) is 4.24. The summed E-state index contributed by atoms with van der Waals surface area (Å²) in [5.74, 6) is -0.530. The van der Waals surface area contributed by atoms with Crippen LogP contribution in [-0.2, 0) is 16.6 Å². The molecule has 0 heterocycles. The zero-order valence-corrected chi connectivity index (χ0v) is 19.3. The summed E-state index contributed by atoms with van der Waals surface area (Å²) >= 11 is 0. The first-order valence-electron chi connectivity index (χ1n) is 10.7. The second kappa shape index (κ2) is 9.62. The van der Waals surface area contributed by atoms with Gasteiger partial charge in [-0.05, 0) is 54.8 Å². The van der Waals surface area contributed by atoms with Crippen molar-refractivity contribution in [3.63, 3.8) is 0 Å². The van der Waals surface area contributed by atoms with Gasteiger partial charge in [0.15, 0.2) is 0 Å². The summed E-state index contributed by atoms with van der Waals surface area (Å²) in [6.07, 6.45) is 1.93. The number of nitrogens with one attached hydrogen (secondary N) is 2. The number of amides is 1.